The molecule has 1 aliphatic carbocycles. The maximum absolute atomic E-state index is 11.8. The predicted octanol–water partition coefficient (Wildman–Crippen LogP) is 4.56. The van der Waals surface area contributed by atoms with Crippen LogP contribution in [0.25, 0.3) is 0 Å². The number of hydrogen-bond donors (Lipinski definition) is 1. The maximum Gasteiger partial charge on any atom is 0.190 e. The summed E-state index contributed by atoms with van der Waals surface area (Å²) in [4.78, 5) is 0. The molecule has 0 radical (unpaired) electrons. The third-order valence-corrected chi connectivity index (χ3v) is 5.16. The quantitative estimate of drug-likeness (QED) is 0.747. The van der Waals surface area contributed by atoms with E-state index in [9.17, 15) is 5.11 Å². The molecule has 0 aromatic heterocycles. The summed E-state index contributed by atoms with van der Waals surface area (Å²) < 4.78 is 11.9. The van der Waals surface area contributed by atoms with Crippen LogP contribution in [0.4, 0.5) is 0 Å². The molecular formula is C21H21BrO3. The molecule has 130 valence electrons. The van der Waals surface area contributed by atoms with Gasteiger partial charge in [-0.05, 0) is 34.9 Å². The molecule has 3 nitrogen and oxygen atoms in total. The van der Waals surface area contributed by atoms with Crippen LogP contribution in [0.2, 0.25) is 0 Å². The highest BCUT2D eigenvalue weighted by Crippen LogP contribution is 2.41. The van der Waals surface area contributed by atoms with Gasteiger partial charge in [-0.3, -0.25) is 0 Å². The summed E-state index contributed by atoms with van der Waals surface area (Å²) in [6.07, 6.45) is 6.23. The Balaban J connectivity index is 2.11. The van der Waals surface area contributed by atoms with Crippen LogP contribution in [-0.2, 0) is 15.1 Å². The van der Waals surface area contributed by atoms with Gasteiger partial charge in [0.25, 0.3) is 0 Å². The first-order valence-corrected chi connectivity index (χ1v) is 8.87. The van der Waals surface area contributed by atoms with Crippen molar-refractivity contribution in [3.63, 3.8) is 0 Å². The van der Waals surface area contributed by atoms with Crippen molar-refractivity contribution >= 4 is 15.9 Å². The van der Waals surface area contributed by atoms with E-state index in [1.165, 1.54) is 0 Å². The Bertz CT molecular complexity index is 794. The first-order valence-electron chi connectivity index (χ1n) is 8.08. The summed E-state index contributed by atoms with van der Waals surface area (Å²) in [5.41, 5.74) is 1.15. The molecular weight excluding hydrogens is 380 g/mol. The minimum absolute atomic E-state index is 0.523. The van der Waals surface area contributed by atoms with Crippen LogP contribution in [0.3, 0.4) is 0 Å². The number of benzene rings is 2. The molecule has 4 heteroatoms. The van der Waals surface area contributed by atoms with E-state index < -0.39 is 11.4 Å². The Kier molecular flexibility index (Phi) is 5.25. The van der Waals surface area contributed by atoms with Gasteiger partial charge in [0.2, 0.25) is 0 Å². The van der Waals surface area contributed by atoms with Crippen molar-refractivity contribution in [3.05, 3.63) is 94.0 Å². The second-order valence-electron chi connectivity index (χ2n) is 6.00. The van der Waals surface area contributed by atoms with Gasteiger partial charge in [-0.1, -0.05) is 70.5 Å². The van der Waals surface area contributed by atoms with Gasteiger partial charge in [-0.2, -0.15) is 0 Å². The Morgan fingerprint density at radius 3 is 2.24 bits per heavy atom. The van der Waals surface area contributed by atoms with Crippen LogP contribution >= 0.6 is 15.9 Å². The Morgan fingerprint density at radius 2 is 1.68 bits per heavy atom. The lowest BCUT2D eigenvalue weighted by atomic mass is 9.77. The number of ether oxygens (including phenoxy) is 2. The SMILES string of the molecule is COC1(OC)C=CC(C(O)(c2ccccc2)c2cccc(Br)c2)=CC1. The van der Waals surface area contributed by atoms with Crippen molar-refractivity contribution in [2.24, 2.45) is 0 Å². The topological polar surface area (TPSA) is 38.7 Å². The lowest BCUT2D eigenvalue weighted by Crippen LogP contribution is -2.36. The van der Waals surface area contributed by atoms with Crippen molar-refractivity contribution in [2.75, 3.05) is 14.2 Å². The molecule has 0 saturated carbocycles. The smallest absolute Gasteiger partial charge is 0.190 e. The summed E-state index contributed by atoms with van der Waals surface area (Å²) >= 11 is 3.50. The summed E-state index contributed by atoms with van der Waals surface area (Å²) in [5.74, 6) is -0.779. The average molecular weight is 401 g/mol. The van der Waals surface area contributed by atoms with Crippen molar-refractivity contribution in [1.29, 1.82) is 0 Å². The highest BCUT2D eigenvalue weighted by molar-refractivity contribution is 9.10. The Labute approximate surface area is 156 Å². The minimum Gasteiger partial charge on any atom is -0.376 e. The normalized spacial score (nSPS) is 18.5. The fourth-order valence-corrected chi connectivity index (χ4v) is 3.55. The van der Waals surface area contributed by atoms with Gasteiger partial charge in [0.1, 0.15) is 5.60 Å². The average Bonchev–Trinajstić information content (AvgIpc) is 2.68. The van der Waals surface area contributed by atoms with Gasteiger partial charge in [0.15, 0.2) is 5.79 Å². The van der Waals surface area contributed by atoms with Crippen LogP contribution in [0.15, 0.2) is 82.9 Å². The molecule has 0 amide bonds. The van der Waals surface area contributed by atoms with E-state index in [4.69, 9.17) is 9.47 Å². The molecule has 1 N–H and O–H groups in total. The fourth-order valence-electron chi connectivity index (χ4n) is 3.15. The first kappa shape index (κ1) is 18.1. The van der Waals surface area contributed by atoms with E-state index in [0.717, 1.165) is 21.2 Å². The van der Waals surface area contributed by atoms with Crippen LogP contribution in [-0.4, -0.2) is 25.1 Å². The maximum atomic E-state index is 11.8. The fraction of sp³-hybridized carbons (Fsp3) is 0.238. The molecule has 0 fully saturated rings. The molecule has 0 aliphatic heterocycles. The van der Waals surface area contributed by atoms with Gasteiger partial charge in [0, 0.05) is 25.1 Å². The second-order valence-corrected chi connectivity index (χ2v) is 6.92. The summed E-state index contributed by atoms with van der Waals surface area (Å²) in [5, 5.41) is 11.8. The molecule has 0 spiro atoms. The Morgan fingerprint density at radius 1 is 1.00 bits per heavy atom. The molecule has 2 aromatic carbocycles. The molecule has 0 bridgehead atoms. The Hall–Kier alpha value is -1.72. The number of methoxy groups -OCH3 is 2. The van der Waals surface area contributed by atoms with Crippen LogP contribution in [0.5, 0.6) is 0 Å². The van der Waals surface area contributed by atoms with Crippen molar-refractivity contribution < 1.29 is 14.6 Å². The van der Waals surface area contributed by atoms with Gasteiger partial charge in [-0.25, -0.2) is 0 Å². The van der Waals surface area contributed by atoms with Crippen molar-refractivity contribution in [3.8, 4) is 0 Å². The summed E-state index contributed by atoms with van der Waals surface area (Å²) in [6, 6.07) is 17.4. The van der Waals surface area contributed by atoms with Gasteiger partial charge >= 0.3 is 0 Å². The zero-order valence-corrected chi connectivity index (χ0v) is 15.9. The van der Waals surface area contributed by atoms with Gasteiger partial charge < -0.3 is 14.6 Å². The highest BCUT2D eigenvalue weighted by atomic mass is 79.9. The number of aliphatic hydroxyl groups is 1. The summed E-state index contributed by atoms with van der Waals surface area (Å²) in [6.45, 7) is 0. The van der Waals surface area contributed by atoms with E-state index in [1.54, 1.807) is 14.2 Å². The lowest BCUT2D eigenvalue weighted by Gasteiger charge is -2.35. The number of hydrogen-bond acceptors (Lipinski definition) is 3. The monoisotopic (exact) mass is 400 g/mol. The number of rotatable bonds is 5. The third-order valence-electron chi connectivity index (χ3n) is 4.67. The molecule has 0 heterocycles. The van der Waals surface area contributed by atoms with E-state index >= 15 is 0 Å². The van der Waals surface area contributed by atoms with E-state index in [0.29, 0.717) is 6.42 Å². The summed E-state index contributed by atoms with van der Waals surface area (Å²) in [7, 11) is 3.23. The van der Waals surface area contributed by atoms with E-state index in [2.05, 4.69) is 15.9 Å². The number of halogens is 1. The minimum atomic E-state index is -1.25. The van der Waals surface area contributed by atoms with E-state index in [-0.39, 0.29) is 0 Å². The molecule has 1 aliphatic rings. The highest BCUT2D eigenvalue weighted by Gasteiger charge is 2.38. The van der Waals surface area contributed by atoms with Gasteiger partial charge in [-0.15, -0.1) is 0 Å². The molecule has 0 saturated heterocycles. The molecule has 1 unspecified atom stereocenters. The lowest BCUT2D eigenvalue weighted by molar-refractivity contribution is -0.168. The molecule has 2 aromatic rings. The molecule has 1 atom stereocenters. The van der Waals surface area contributed by atoms with Crippen LogP contribution in [0, 0.1) is 0 Å². The van der Waals surface area contributed by atoms with Crippen molar-refractivity contribution in [1.82, 2.24) is 0 Å². The zero-order valence-electron chi connectivity index (χ0n) is 14.3. The molecule has 3 rings (SSSR count). The first-order chi connectivity index (χ1) is 12.0. The standard InChI is InChI=1S/C21H21BrO3/c1-24-20(25-2)13-11-17(12-14-20)21(23,16-7-4-3-5-8-16)18-9-6-10-19(22)15-18/h3-13,15,23H,14H2,1-2H3. The third kappa shape index (κ3) is 3.35. The second kappa shape index (κ2) is 7.26. The zero-order chi connectivity index (χ0) is 17.9. The van der Waals surface area contributed by atoms with E-state index in [1.807, 2.05) is 72.8 Å². The molecule has 25 heavy (non-hydrogen) atoms. The largest absolute Gasteiger partial charge is 0.376 e. The predicted molar refractivity (Wildman–Crippen MR) is 102 cm³/mol. The van der Waals surface area contributed by atoms with Crippen LogP contribution in [0.1, 0.15) is 17.5 Å². The van der Waals surface area contributed by atoms with Crippen molar-refractivity contribution in [2.45, 2.75) is 17.8 Å². The van der Waals surface area contributed by atoms with Gasteiger partial charge in [0.05, 0.1) is 0 Å². The van der Waals surface area contributed by atoms with Crippen LogP contribution < -0.4 is 0 Å².